The Bertz CT molecular complexity index is 560. The summed E-state index contributed by atoms with van der Waals surface area (Å²) in [5.41, 5.74) is 0.663. The molecule has 0 aliphatic carbocycles. The lowest BCUT2D eigenvalue weighted by Gasteiger charge is -2.05. The number of hydrogen-bond acceptors (Lipinski definition) is 2. The normalized spacial score (nSPS) is 11.2. The van der Waals surface area contributed by atoms with E-state index in [1.165, 1.54) is 0 Å². The van der Waals surface area contributed by atoms with E-state index in [1.54, 1.807) is 6.07 Å². The van der Waals surface area contributed by atoms with E-state index in [4.69, 9.17) is 0 Å². The van der Waals surface area contributed by atoms with Gasteiger partial charge in [0.2, 0.25) is 0 Å². The SMILES string of the molecule is CC(C)c1nc2ccc(Br)cc2c(=O)[nH]1. The third-order valence-electron chi connectivity index (χ3n) is 2.23. The lowest BCUT2D eigenvalue weighted by Crippen LogP contribution is -2.12. The van der Waals surface area contributed by atoms with Crippen LogP contribution < -0.4 is 5.56 Å². The van der Waals surface area contributed by atoms with Gasteiger partial charge in [0.1, 0.15) is 5.82 Å². The molecule has 0 saturated carbocycles. The number of benzene rings is 1. The Labute approximate surface area is 95.7 Å². The van der Waals surface area contributed by atoms with E-state index < -0.39 is 0 Å². The number of aromatic amines is 1. The summed E-state index contributed by atoms with van der Waals surface area (Å²) in [6, 6.07) is 5.52. The molecule has 3 nitrogen and oxygen atoms in total. The zero-order valence-corrected chi connectivity index (χ0v) is 10.1. The molecule has 0 atom stereocenters. The Morgan fingerprint density at radius 3 is 2.80 bits per heavy atom. The van der Waals surface area contributed by atoms with Gasteiger partial charge in [-0.15, -0.1) is 0 Å². The van der Waals surface area contributed by atoms with Crippen LogP contribution >= 0.6 is 15.9 Å². The van der Waals surface area contributed by atoms with E-state index in [0.717, 1.165) is 15.8 Å². The molecular weight excluding hydrogens is 256 g/mol. The van der Waals surface area contributed by atoms with Crippen LogP contribution in [0, 0.1) is 0 Å². The van der Waals surface area contributed by atoms with Gasteiger partial charge in [0, 0.05) is 10.4 Å². The number of fused-ring (bicyclic) bond motifs is 1. The fraction of sp³-hybridized carbons (Fsp3) is 0.273. The zero-order chi connectivity index (χ0) is 11.0. The van der Waals surface area contributed by atoms with Gasteiger partial charge < -0.3 is 4.98 Å². The maximum Gasteiger partial charge on any atom is 0.258 e. The summed E-state index contributed by atoms with van der Waals surface area (Å²) in [5, 5.41) is 0.619. The predicted molar refractivity (Wildman–Crippen MR) is 64.2 cm³/mol. The van der Waals surface area contributed by atoms with Gasteiger partial charge in [0.15, 0.2) is 0 Å². The highest BCUT2D eigenvalue weighted by Gasteiger charge is 2.06. The van der Waals surface area contributed by atoms with Crippen molar-refractivity contribution in [3.05, 3.63) is 38.9 Å². The van der Waals surface area contributed by atoms with Crippen LogP contribution in [-0.2, 0) is 0 Å². The van der Waals surface area contributed by atoms with E-state index in [9.17, 15) is 4.79 Å². The number of nitrogens with one attached hydrogen (secondary N) is 1. The van der Waals surface area contributed by atoms with E-state index in [0.29, 0.717) is 5.39 Å². The van der Waals surface area contributed by atoms with Gasteiger partial charge in [-0.05, 0) is 18.2 Å². The fourth-order valence-corrected chi connectivity index (χ4v) is 1.76. The van der Waals surface area contributed by atoms with E-state index >= 15 is 0 Å². The second-order valence-corrected chi connectivity index (χ2v) is 4.68. The molecule has 0 spiro atoms. The van der Waals surface area contributed by atoms with Gasteiger partial charge >= 0.3 is 0 Å². The Kier molecular flexibility index (Phi) is 2.61. The molecule has 78 valence electrons. The minimum Gasteiger partial charge on any atom is -0.310 e. The summed E-state index contributed by atoms with van der Waals surface area (Å²) < 4.78 is 0.889. The number of nitrogens with zero attached hydrogens (tertiary/aromatic N) is 1. The molecule has 0 bridgehead atoms. The molecule has 0 unspecified atom stereocenters. The monoisotopic (exact) mass is 266 g/mol. The smallest absolute Gasteiger partial charge is 0.258 e. The quantitative estimate of drug-likeness (QED) is 0.863. The average Bonchev–Trinajstić information content (AvgIpc) is 2.18. The number of H-pyrrole nitrogens is 1. The van der Waals surface area contributed by atoms with Gasteiger partial charge in [-0.2, -0.15) is 0 Å². The highest BCUT2D eigenvalue weighted by atomic mass is 79.9. The van der Waals surface area contributed by atoms with Crippen molar-refractivity contribution < 1.29 is 0 Å². The Morgan fingerprint density at radius 2 is 2.13 bits per heavy atom. The first-order valence-corrected chi connectivity index (χ1v) is 5.56. The lowest BCUT2D eigenvalue weighted by molar-refractivity contribution is 0.776. The van der Waals surface area contributed by atoms with Gasteiger partial charge in [0.25, 0.3) is 5.56 Å². The second-order valence-electron chi connectivity index (χ2n) is 3.77. The molecule has 0 aliphatic rings. The topological polar surface area (TPSA) is 45.8 Å². The molecule has 0 aliphatic heterocycles. The molecule has 1 aromatic heterocycles. The summed E-state index contributed by atoms with van der Waals surface area (Å²) in [7, 11) is 0. The third-order valence-corrected chi connectivity index (χ3v) is 2.73. The average molecular weight is 267 g/mol. The Hall–Kier alpha value is -1.16. The van der Waals surface area contributed by atoms with Crippen LogP contribution in [0.25, 0.3) is 10.9 Å². The molecule has 0 fully saturated rings. The molecule has 0 radical (unpaired) electrons. The van der Waals surface area contributed by atoms with Crippen LogP contribution in [0.15, 0.2) is 27.5 Å². The molecule has 2 aromatic rings. The largest absolute Gasteiger partial charge is 0.310 e. The molecule has 4 heteroatoms. The molecule has 1 N–H and O–H groups in total. The van der Waals surface area contributed by atoms with Crippen molar-refractivity contribution in [3.63, 3.8) is 0 Å². The highest BCUT2D eigenvalue weighted by Crippen LogP contribution is 2.16. The zero-order valence-electron chi connectivity index (χ0n) is 8.54. The van der Waals surface area contributed by atoms with Crippen LogP contribution in [-0.4, -0.2) is 9.97 Å². The van der Waals surface area contributed by atoms with Crippen LogP contribution in [0.5, 0.6) is 0 Å². The summed E-state index contributed by atoms with van der Waals surface area (Å²) in [4.78, 5) is 18.9. The minimum atomic E-state index is -0.0787. The Balaban J connectivity index is 2.79. The lowest BCUT2D eigenvalue weighted by atomic mass is 10.2. The minimum absolute atomic E-state index is 0.0787. The molecule has 2 rings (SSSR count). The molecular formula is C11H11BrN2O. The first kappa shape index (κ1) is 10.4. The van der Waals surface area contributed by atoms with Crippen molar-refractivity contribution in [2.45, 2.75) is 19.8 Å². The predicted octanol–water partition coefficient (Wildman–Crippen LogP) is 2.81. The number of rotatable bonds is 1. The summed E-state index contributed by atoms with van der Waals surface area (Å²) in [6.45, 7) is 4.01. The second kappa shape index (κ2) is 3.77. The number of halogens is 1. The molecule has 1 aromatic carbocycles. The van der Waals surface area contributed by atoms with Gasteiger partial charge in [-0.25, -0.2) is 4.98 Å². The maximum absolute atomic E-state index is 11.7. The summed E-state index contributed by atoms with van der Waals surface area (Å²) in [5.74, 6) is 0.959. The van der Waals surface area contributed by atoms with Gasteiger partial charge in [-0.3, -0.25) is 4.79 Å². The van der Waals surface area contributed by atoms with Crippen molar-refractivity contribution in [3.8, 4) is 0 Å². The summed E-state index contributed by atoms with van der Waals surface area (Å²) in [6.07, 6.45) is 0. The first-order chi connectivity index (χ1) is 7.08. The van der Waals surface area contributed by atoms with Crippen molar-refractivity contribution in [2.24, 2.45) is 0 Å². The van der Waals surface area contributed by atoms with Crippen molar-refractivity contribution >= 4 is 26.8 Å². The summed E-state index contributed by atoms with van der Waals surface area (Å²) >= 11 is 3.33. The highest BCUT2D eigenvalue weighted by molar-refractivity contribution is 9.10. The van der Waals surface area contributed by atoms with E-state index in [2.05, 4.69) is 25.9 Å². The maximum atomic E-state index is 11.7. The van der Waals surface area contributed by atoms with Gasteiger partial charge in [0.05, 0.1) is 10.9 Å². The van der Waals surface area contributed by atoms with Crippen LogP contribution in [0.4, 0.5) is 0 Å². The van der Waals surface area contributed by atoms with Crippen LogP contribution in [0.1, 0.15) is 25.6 Å². The fourth-order valence-electron chi connectivity index (χ4n) is 1.40. The Morgan fingerprint density at radius 1 is 1.40 bits per heavy atom. The first-order valence-electron chi connectivity index (χ1n) is 4.77. The molecule has 0 saturated heterocycles. The standard InChI is InChI=1S/C11H11BrN2O/c1-6(2)10-13-9-4-3-7(12)5-8(9)11(15)14-10/h3-6H,1-2H3,(H,13,14,15). The van der Waals surface area contributed by atoms with Crippen molar-refractivity contribution in [2.75, 3.05) is 0 Å². The van der Waals surface area contributed by atoms with E-state index in [1.807, 2.05) is 26.0 Å². The molecule has 15 heavy (non-hydrogen) atoms. The van der Waals surface area contributed by atoms with Gasteiger partial charge in [-0.1, -0.05) is 29.8 Å². The van der Waals surface area contributed by atoms with Crippen LogP contribution in [0.2, 0.25) is 0 Å². The van der Waals surface area contributed by atoms with Crippen molar-refractivity contribution in [1.29, 1.82) is 0 Å². The third kappa shape index (κ3) is 1.95. The van der Waals surface area contributed by atoms with Crippen LogP contribution in [0.3, 0.4) is 0 Å². The van der Waals surface area contributed by atoms with Crippen molar-refractivity contribution in [1.82, 2.24) is 9.97 Å². The number of hydrogen-bond donors (Lipinski definition) is 1. The molecule has 1 heterocycles. The van der Waals surface area contributed by atoms with E-state index in [-0.39, 0.29) is 11.5 Å². The molecule has 0 amide bonds. The number of aromatic nitrogens is 2.